The van der Waals surface area contributed by atoms with Gasteiger partial charge in [-0.05, 0) is 44.2 Å². The molecular formula is C15H27F3N2. The van der Waals surface area contributed by atoms with Crippen LogP contribution in [0, 0.1) is 11.8 Å². The van der Waals surface area contributed by atoms with E-state index in [1.54, 1.807) is 4.90 Å². The van der Waals surface area contributed by atoms with Crippen LogP contribution in [0.1, 0.15) is 45.4 Å². The molecule has 3 unspecified atom stereocenters. The molecular weight excluding hydrogens is 265 g/mol. The molecule has 118 valence electrons. The van der Waals surface area contributed by atoms with E-state index in [1.807, 2.05) is 0 Å². The average molecular weight is 292 g/mol. The zero-order valence-corrected chi connectivity index (χ0v) is 12.4. The summed E-state index contributed by atoms with van der Waals surface area (Å²) < 4.78 is 37.0. The number of halogens is 3. The summed E-state index contributed by atoms with van der Waals surface area (Å²) in [4.78, 5) is 1.54. The second kappa shape index (κ2) is 7.12. The maximum Gasteiger partial charge on any atom is 0.401 e. The molecule has 0 aromatic heterocycles. The molecule has 1 aliphatic heterocycles. The summed E-state index contributed by atoms with van der Waals surface area (Å²) in [6.45, 7) is 3.57. The largest absolute Gasteiger partial charge is 0.401 e. The summed E-state index contributed by atoms with van der Waals surface area (Å²) in [5.41, 5.74) is 0. The second-order valence-corrected chi connectivity index (χ2v) is 6.55. The van der Waals surface area contributed by atoms with Crippen molar-refractivity contribution in [2.24, 2.45) is 11.8 Å². The van der Waals surface area contributed by atoms with Gasteiger partial charge in [0.25, 0.3) is 0 Å². The fraction of sp³-hybridized carbons (Fsp3) is 1.00. The molecule has 2 aliphatic rings. The van der Waals surface area contributed by atoms with Gasteiger partial charge in [-0.2, -0.15) is 13.2 Å². The highest BCUT2D eigenvalue weighted by atomic mass is 19.4. The molecule has 0 bridgehead atoms. The maximum absolute atomic E-state index is 12.3. The summed E-state index contributed by atoms with van der Waals surface area (Å²) in [6.07, 6.45) is 3.21. The van der Waals surface area contributed by atoms with Crippen molar-refractivity contribution in [2.45, 2.75) is 57.7 Å². The highest BCUT2D eigenvalue weighted by molar-refractivity contribution is 4.82. The van der Waals surface area contributed by atoms with Crippen LogP contribution in [-0.2, 0) is 0 Å². The monoisotopic (exact) mass is 292 g/mol. The normalized spacial score (nSPS) is 32.7. The lowest BCUT2D eigenvalue weighted by Gasteiger charge is -2.30. The standard InChI is InChI=1S/C15H27F3N2/c1-2-12-4-3-5-14(8-12)19-9-13-6-7-20(10-13)11-15(16,17)18/h12-14,19H,2-11H2,1H3. The van der Waals surface area contributed by atoms with Crippen LogP contribution in [0.25, 0.3) is 0 Å². The van der Waals surface area contributed by atoms with Crippen LogP contribution in [-0.4, -0.2) is 43.3 Å². The lowest BCUT2D eigenvalue weighted by atomic mass is 9.84. The summed E-state index contributed by atoms with van der Waals surface area (Å²) >= 11 is 0. The number of nitrogens with zero attached hydrogens (tertiary/aromatic N) is 1. The number of likely N-dealkylation sites (tertiary alicyclic amines) is 1. The summed E-state index contributed by atoms with van der Waals surface area (Å²) in [5, 5.41) is 3.60. The molecule has 0 aromatic carbocycles. The van der Waals surface area contributed by atoms with Crippen molar-refractivity contribution in [3.63, 3.8) is 0 Å². The first-order chi connectivity index (χ1) is 9.46. The third kappa shape index (κ3) is 5.24. The van der Waals surface area contributed by atoms with Gasteiger partial charge in [-0.25, -0.2) is 0 Å². The molecule has 1 heterocycles. The quantitative estimate of drug-likeness (QED) is 0.835. The molecule has 2 nitrogen and oxygen atoms in total. The number of nitrogens with one attached hydrogen (secondary N) is 1. The van der Waals surface area contributed by atoms with Gasteiger partial charge in [0, 0.05) is 12.6 Å². The topological polar surface area (TPSA) is 15.3 Å². The van der Waals surface area contributed by atoms with E-state index in [4.69, 9.17) is 0 Å². The van der Waals surface area contributed by atoms with E-state index in [1.165, 1.54) is 32.1 Å². The minimum Gasteiger partial charge on any atom is -0.314 e. The third-order valence-electron chi connectivity index (χ3n) is 4.83. The van der Waals surface area contributed by atoms with Crippen LogP contribution < -0.4 is 5.32 Å². The molecule has 1 aliphatic carbocycles. The predicted octanol–water partition coefficient (Wildman–Crippen LogP) is 3.43. The van der Waals surface area contributed by atoms with E-state index in [-0.39, 0.29) is 0 Å². The van der Waals surface area contributed by atoms with Gasteiger partial charge in [-0.15, -0.1) is 0 Å². The highest BCUT2D eigenvalue weighted by Crippen LogP contribution is 2.27. The van der Waals surface area contributed by atoms with E-state index in [0.717, 1.165) is 18.9 Å². The molecule has 0 spiro atoms. The first-order valence-electron chi connectivity index (χ1n) is 7.98. The Kier molecular flexibility index (Phi) is 5.73. The smallest absolute Gasteiger partial charge is 0.314 e. The average Bonchev–Trinajstić information content (AvgIpc) is 2.82. The van der Waals surface area contributed by atoms with Gasteiger partial charge in [0.1, 0.15) is 0 Å². The lowest BCUT2D eigenvalue weighted by molar-refractivity contribution is -0.143. The Balaban J connectivity index is 1.65. The molecule has 1 N–H and O–H groups in total. The Morgan fingerprint density at radius 3 is 2.65 bits per heavy atom. The number of alkyl halides is 3. The van der Waals surface area contributed by atoms with Crippen molar-refractivity contribution < 1.29 is 13.2 Å². The molecule has 1 saturated heterocycles. The van der Waals surface area contributed by atoms with Gasteiger partial charge < -0.3 is 5.32 Å². The van der Waals surface area contributed by atoms with Crippen LogP contribution in [0.2, 0.25) is 0 Å². The molecule has 0 amide bonds. The molecule has 20 heavy (non-hydrogen) atoms. The predicted molar refractivity (Wildman–Crippen MR) is 74.6 cm³/mol. The van der Waals surface area contributed by atoms with Gasteiger partial charge in [0.15, 0.2) is 0 Å². The van der Waals surface area contributed by atoms with Crippen molar-refractivity contribution in [2.75, 3.05) is 26.2 Å². The maximum atomic E-state index is 12.3. The van der Waals surface area contributed by atoms with Crippen molar-refractivity contribution >= 4 is 0 Å². The Morgan fingerprint density at radius 2 is 1.95 bits per heavy atom. The van der Waals surface area contributed by atoms with Crippen molar-refractivity contribution in [1.29, 1.82) is 0 Å². The molecule has 2 rings (SSSR count). The number of hydrogen-bond donors (Lipinski definition) is 1. The Bertz CT molecular complexity index is 293. The minimum absolute atomic E-state index is 0.388. The Morgan fingerprint density at radius 1 is 1.15 bits per heavy atom. The zero-order chi connectivity index (χ0) is 14.6. The summed E-state index contributed by atoms with van der Waals surface area (Å²) in [7, 11) is 0. The zero-order valence-electron chi connectivity index (χ0n) is 12.4. The number of rotatable bonds is 5. The molecule has 2 fully saturated rings. The third-order valence-corrected chi connectivity index (χ3v) is 4.83. The van der Waals surface area contributed by atoms with E-state index in [0.29, 0.717) is 25.0 Å². The SMILES string of the molecule is CCC1CCCC(NCC2CCN(CC(F)(F)F)C2)C1. The van der Waals surface area contributed by atoms with E-state index in [2.05, 4.69) is 12.2 Å². The Labute approximate surface area is 120 Å². The first kappa shape index (κ1) is 16.1. The molecule has 1 saturated carbocycles. The molecule has 0 aromatic rings. The first-order valence-corrected chi connectivity index (χ1v) is 7.98. The van der Waals surface area contributed by atoms with Gasteiger partial charge in [0.05, 0.1) is 6.54 Å². The fourth-order valence-electron chi connectivity index (χ4n) is 3.66. The highest BCUT2D eigenvalue weighted by Gasteiger charge is 2.34. The molecule has 0 radical (unpaired) electrons. The van der Waals surface area contributed by atoms with Gasteiger partial charge in [-0.1, -0.05) is 26.2 Å². The van der Waals surface area contributed by atoms with Crippen LogP contribution in [0.5, 0.6) is 0 Å². The van der Waals surface area contributed by atoms with Gasteiger partial charge >= 0.3 is 6.18 Å². The minimum atomic E-state index is -4.06. The van der Waals surface area contributed by atoms with Crippen LogP contribution in [0.3, 0.4) is 0 Å². The summed E-state index contributed by atoms with van der Waals surface area (Å²) in [6, 6.07) is 0.588. The van der Waals surface area contributed by atoms with Crippen LogP contribution in [0.4, 0.5) is 13.2 Å². The van der Waals surface area contributed by atoms with Crippen molar-refractivity contribution in [3.05, 3.63) is 0 Å². The lowest BCUT2D eigenvalue weighted by Crippen LogP contribution is -2.38. The van der Waals surface area contributed by atoms with Crippen LogP contribution >= 0.6 is 0 Å². The summed E-state index contributed by atoms with van der Waals surface area (Å²) in [5.74, 6) is 1.23. The van der Waals surface area contributed by atoms with E-state index < -0.39 is 12.7 Å². The molecule has 3 atom stereocenters. The van der Waals surface area contributed by atoms with Crippen LogP contribution in [0.15, 0.2) is 0 Å². The van der Waals surface area contributed by atoms with Crippen molar-refractivity contribution in [3.8, 4) is 0 Å². The van der Waals surface area contributed by atoms with Gasteiger partial charge in [0.2, 0.25) is 0 Å². The molecule has 5 heteroatoms. The van der Waals surface area contributed by atoms with Crippen molar-refractivity contribution in [1.82, 2.24) is 10.2 Å². The number of hydrogen-bond acceptors (Lipinski definition) is 2. The Hall–Kier alpha value is -0.290. The van der Waals surface area contributed by atoms with E-state index >= 15 is 0 Å². The van der Waals surface area contributed by atoms with Gasteiger partial charge in [-0.3, -0.25) is 4.90 Å². The second-order valence-electron chi connectivity index (χ2n) is 6.55. The fourth-order valence-corrected chi connectivity index (χ4v) is 3.66. The van der Waals surface area contributed by atoms with E-state index in [9.17, 15) is 13.2 Å².